The van der Waals surface area contributed by atoms with Crippen molar-refractivity contribution in [2.45, 2.75) is 71.8 Å². The third-order valence-electron chi connectivity index (χ3n) is 5.31. The Morgan fingerprint density at radius 2 is 1.66 bits per heavy atom. The zero-order valence-corrected chi connectivity index (χ0v) is 17.9. The molecule has 2 aromatic carbocycles. The van der Waals surface area contributed by atoms with Crippen LogP contribution >= 0.6 is 0 Å². The van der Waals surface area contributed by atoms with Crippen LogP contribution in [0.5, 0.6) is 0 Å². The lowest BCUT2D eigenvalue weighted by atomic mass is 9.88. The van der Waals surface area contributed by atoms with Crippen molar-refractivity contribution >= 4 is 5.91 Å². The Hall–Kier alpha value is -2.24. The number of benzene rings is 2. The first-order valence-electron chi connectivity index (χ1n) is 10.2. The summed E-state index contributed by atoms with van der Waals surface area (Å²) in [7, 11) is 0. The highest BCUT2D eigenvalue weighted by molar-refractivity contribution is 5.73. The number of hydrogen-bond donors (Lipinski definition) is 2. The summed E-state index contributed by atoms with van der Waals surface area (Å²) in [6, 6.07) is 13.6. The third kappa shape index (κ3) is 7.59. The number of amides is 1. The van der Waals surface area contributed by atoms with E-state index in [0.29, 0.717) is 18.4 Å². The summed E-state index contributed by atoms with van der Waals surface area (Å²) in [6.45, 7) is 7.75. The molecule has 3 N–H and O–H groups in total. The van der Waals surface area contributed by atoms with E-state index in [1.54, 1.807) is 6.07 Å². The lowest BCUT2D eigenvalue weighted by molar-refractivity contribution is -0.121. The van der Waals surface area contributed by atoms with Crippen LogP contribution in [0.2, 0.25) is 0 Å². The number of ether oxygens (including phenoxy) is 1. The predicted octanol–water partition coefficient (Wildman–Crippen LogP) is 4.69. The van der Waals surface area contributed by atoms with E-state index >= 15 is 0 Å². The van der Waals surface area contributed by atoms with Crippen molar-refractivity contribution < 1.29 is 13.9 Å². The molecule has 1 aliphatic rings. The smallest absolute Gasteiger partial charge is 0.217 e. The maximum Gasteiger partial charge on any atom is 0.217 e. The van der Waals surface area contributed by atoms with Crippen molar-refractivity contribution in [3.63, 3.8) is 0 Å². The molecule has 0 atom stereocenters. The van der Waals surface area contributed by atoms with Crippen molar-refractivity contribution in [3.05, 3.63) is 70.5 Å². The van der Waals surface area contributed by atoms with Gasteiger partial charge in [0.05, 0.1) is 6.61 Å². The van der Waals surface area contributed by atoms with Gasteiger partial charge in [0.2, 0.25) is 5.91 Å². The molecule has 5 heteroatoms. The minimum Gasteiger partial charge on any atom is -0.356 e. The van der Waals surface area contributed by atoms with Crippen LogP contribution in [0, 0.1) is 26.6 Å². The van der Waals surface area contributed by atoms with Crippen molar-refractivity contribution in [1.82, 2.24) is 5.32 Å². The molecule has 29 heavy (non-hydrogen) atoms. The highest BCUT2D eigenvalue weighted by Crippen LogP contribution is 2.29. The van der Waals surface area contributed by atoms with E-state index in [4.69, 9.17) is 10.5 Å². The monoisotopic (exact) mass is 400 g/mol. The first-order chi connectivity index (χ1) is 13.7. The molecule has 0 unspecified atom stereocenters. The summed E-state index contributed by atoms with van der Waals surface area (Å²) in [5, 5.41) is 2.90. The summed E-state index contributed by atoms with van der Waals surface area (Å²) >= 11 is 0. The van der Waals surface area contributed by atoms with Gasteiger partial charge in [-0.15, -0.1) is 0 Å². The largest absolute Gasteiger partial charge is 0.356 e. The first-order valence-corrected chi connectivity index (χ1v) is 10.2. The number of hydrogen-bond acceptors (Lipinski definition) is 3. The molecule has 0 bridgehead atoms. The summed E-state index contributed by atoms with van der Waals surface area (Å²) in [4.78, 5) is 11.0. The molecule has 1 amide bonds. The minimum atomic E-state index is -0.732. The number of nitrogens with two attached hydrogens (primary N) is 1. The second-order valence-corrected chi connectivity index (χ2v) is 8.02. The zero-order valence-electron chi connectivity index (χ0n) is 17.9. The highest BCUT2D eigenvalue weighted by atomic mass is 19.1. The fraction of sp³-hybridized carbons (Fsp3) is 0.458. The lowest BCUT2D eigenvalue weighted by Crippen LogP contribution is -2.49. The Morgan fingerprint density at radius 3 is 2.14 bits per heavy atom. The number of rotatable bonds is 4. The molecule has 0 spiro atoms. The van der Waals surface area contributed by atoms with Crippen LogP contribution in [0.15, 0.2) is 42.5 Å². The van der Waals surface area contributed by atoms with Gasteiger partial charge < -0.3 is 15.8 Å². The van der Waals surface area contributed by atoms with Gasteiger partial charge in [-0.1, -0.05) is 47.5 Å². The van der Waals surface area contributed by atoms with E-state index < -0.39 is 5.72 Å². The number of carbonyl (C=O) groups excluding carboxylic acids is 1. The van der Waals surface area contributed by atoms with E-state index in [2.05, 4.69) is 43.4 Å². The van der Waals surface area contributed by atoms with E-state index in [0.717, 1.165) is 18.4 Å². The molecule has 2 aromatic rings. The van der Waals surface area contributed by atoms with Gasteiger partial charge in [0.25, 0.3) is 0 Å². The number of nitrogens with one attached hydrogen (secondary N) is 1. The minimum absolute atomic E-state index is 0.0209. The SMILES string of the molecule is CC(=O)NC1CCC(N)(OCc2c(C)cccc2F)CC1.Cc1ccc(C)cc1. The van der Waals surface area contributed by atoms with E-state index in [1.807, 2.05) is 13.0 Å². The van der Waals surface area contributed by atoms with Crippen LogP contribution in [0.1, 0.15) is 54.9 Å². The number of carbonyl (C=O) groups is 1. The van der Waals surface area contributed by atoms with Gasteiger partial charge in [0.15, 0.2) is 0 Å². The van der Waals surface area contributed by atoms with Crippen LogP contribution in [-0.2, 0) is 16.1 Å². The quantitative estimate of drug-likeness (QED) is 0.732. The molecule has 0 heterocycles. The second-order valence-electron chi connectivity index (χ2n) is 8.02. The Balaban J connectivity index is 0.000000313. The van der Waals surface area contributed by atoms with Gasteiger partial charge in [0, 0.05) is 18.5 Å². The van der Waals surface area contributed by atoms with Gasteiger partial charge in [0.1, 0.15) is 11.5 Å². The molecule has 3 rings (SSSR count). The van der Waals surface area contributed by atoms with Gasteiger partial charge in [-0.05, 0) is 58.1 Å². The average Bonchev–Trinajstić information content (AvgIpc) is 2.66. The number of aryl methyl sites for hydroxylation is 3. The fourth-order valence-electron chi connectivity index (χ4n) is 3.38. The maximum atomic E-state index is 13.8. The van der Waals surface area contributed by atoms with E-state index in [9.17, 15) is 9.18 Å². The fourth-order valence-corrected chi connectivity index (χ4v) is 3.38. The van der Waals surface area contributed by atoms with E-state index in [-0.39, 0.29) is 24.4 Å². The van der Waals surface area contributed by atoms with E-state index in [1.165, 1.54) is 24.1 Å². The van der Waals surface area contributed by atoms with Gasteiger partial charge in [-0.3, -0.25) is 4.79 Å². The Bertz CT molecular complexity index is 756. The van der Waals surface area contributed by atoms with Crippen LogP contribution in [0.4, 0.5) is 4.39 Å². The predicted molar refractivity (Wildman–Crippen MR) is 115 cm³/mol. The molecule has 1 aliphatic carbocycles. The molecule has 158 valence electrons. The first kappa shape index (κ1) is 23.0. The maximum absolute atomic E-state index is 13.8. The van der Waals surface area contributed by atoms with Crippen molar-refractivity contribution in [1.29, 1.82) is 0 Å². The Morgan fingerprint density at radius 1 is 1.10 bits per heavy atom. The van der Waals surface area contributed by atoms with Crippen molar-refractivity contribution in [2.24, 2.45) is 5.73 Å². The molecule has 1 fully saturated rings. The average molecular weight is 401 g/mol. The lowest BCUT2D eigenvalue weighted by Gasteiger charge is -2.37. The molecule has 0 aliphatic heterocycles. The van der Waals surface area contributed by atoms with Gasteiger partial charge in [-0.2, -0.15) is 0 Å². The zero-order chi connectivity index (χ0) is 21.4. The normalized spacial score (nSPS) is 21.1. The third-order valence-corrected chi connectivity index (χ3v) is 5.31. The summed E-state index contributed by atoms with van der Waals surface area (Å²) in [5.74, 6) is -0.280. The second kappa shape index (κ2) is 10.5. The Labute approximate surface area is 173 Å². The summed E-state index contributed by atoms with van der Waals surface area (Å²) in [5.41, 5.74) is 9.60. The van der Waals surface area contributed by atoms with Crippen molar-refractivity contribution in [2.75, 3.05) is 0 Å². The standard InChI is InChI=1S/C16H23FN2O2.C8H10/c1-11-4-3-5-15(17)14(11)10-21-16(18)8-6-13(7-9-16)19-12(2)20;1-7-3-5-8(2)6-4-7/h3-5,13H,6-10,18H2,1-2H3,(H,19,20);3-6H,1-2H3. The molecule has 1 saturated carbocycles. The van der Waals surface area contributed by atoms with Gasteiger partial charge in [-0.25, -0.2) is 4.39 Å². The van der Waals surface area contributed by atoms with Crippen LogP contribution < -0.4 is 11.1 Å². The molecular weight excluding hydrogens is 367 g/mol. The molecule has 0 saturated heterocycles. The van der Waals surface area contributed by atoms with Crippen LogP contribution in [-0.4, -0.2) is 17.7 Å². The Kier molecular flexibility index (Phi) is 8.35. The van der Waals surface area contributed by atoms with Crippen LogP contribution in [0.3, 0.4) is 0 Å². The molecular formula is C24H33FN2O2. The molecule has 0 aromatic heterocycles. The highest BCUT2D eigenvalue weighted by Gasteiger charge is 2.33. The summed E-state index contributed by atoms with van der Waals surface area (Å²) in [6.07, 6.45) is 2.88. The van der Waals surface area contributed by atoms with Gasteiger partial charge >= 0.3 is 0 Å². The van der Waals surface area contributed by atoms with Crippen LogP contribution in [0.25, 0.3) is 0 Å². The topological polar surface area (TPSA) is 64.4 Å². The van der Waals surface area contributed by atoms with Crippen molar-refractivity contribution in [3.8, 4) is 0 Å². The number of halogens is 1. The molecule has 0 radical (unpaired) electrons. The summed E-state index contributed by atoms with van der Waals surface area (Å²) < 4.78 is 19.6. The molecule has 4 nitrogen and oxygen atoms in total.